The summed E-state index contributed by atoms with van der Waals surface area (Å²) in [5.74, 6) is 0. The molecule has 0 radical (unpaired) electrons. The zero-order valence-corrected chi connectivity index (χ0v) is 16.9. The van der Waals surface area contributed by atoms with Crippen molar-refractivity contribution in [3.05, 3.63) is 51.9 Å². The number of cyclic esters (lactones) is 1. The fourth-order valence-corrected chi connectivity index (χ4v) is 4.52. The van der Waals surface area contributed by atoms with Crippen molar-refractivity contribution in [3.8, 4) is 0 Å². The fourth-order valence-electron chi connectivity index (χ4n) is 3.33. The van der Waals surface area contributed by atoms with Crippen LogP contribution in [0.5, 0.6) is 0 Å². The molecule has 0 N–H and O–H groups in total. The molecular weight excluding hydrogens is 368 g/mol. The van der Waals surface area contributed by atoms with Gasteiger partial charge in [0, 0.05) is 34.6 Å². The first-order valence-electron chi connectivity index (χ1n) is 9.11. The second-order valence-corrected chi connectivity index (χ2v) is 8.12. The maximum atomic E-state index is 12.4. The van der Waals surface area contributed by atoms with E-state index in [2.05, 4.69) is 23.4 Å². The number of halogens is 1. The van der Waals surface area contributed by atoms with E-state index in [0.717, 1.165) is 43.6 Å². The largest absolute Gasteiger partial charge is 0.444 e. The van der Waals surface area contributed by atoms with Crippen LogP contribution in [0.1, 0.15) is 38.7 Å². The highest BCUT2D eigenvalue weighted by molar-refractivity contribution is 8.00. The third kappa shape index (κ3) is 4.45. The molecule has 1 aromatic carbocycles. The number of piperidine rings is 1. The van der Waals surface area contributed by atoms with Gasteiger partial charge >= 0.3 is 6.09 Å². The summed E-state index contributed by atoms with van der Waals surface area (Å²) in [5, 5.41) is 0.674. The summed E-state index contributed by atoms with van der Waals surface area (Å²) in [6.07, 6.45) is 8.97. The average Bonchev–Trinajstić information content (AvgIpc) is 2.66. The molecule has 0 bridgehead atoms. The lowest BCUT2D eigenvalue weighted by Crippen LogP contribution is -2.48. The standard InChI is InChI=1S/C20H25ClN2O2S/c1-3-5-6-18(4-2)26-22-11-9-17(10-12-22)23-19-8-7-16(21)13-15(19)14-25-20(23)24/h3,5-8,13,17H,4,9-12,14H2,1-2H3/b5-3-,18-6+. The Kier molecular flexibility index (Phi) is 6.68. The van der Waals surface area contributed by atoms with Crippen molar-refractivity contribution in [2.45, 2.75) is 45.8 Å². The Morgan fingerprint density at radius 1 is 1.38 bits per heavy atom. The Morgan fingerprint density at radius 2 is 2.15 bits per heavy atom. The molecule has 0 unspecified atom stereocenters. The average molecular weight is 393 g/mol. The van der Waals surface area contributed by atoms with Gasteiger partial charge in [-0.05, 0) is 56.3 Å². The summed E-state index contributed by atoms with van der Waals surface area (Å²) in [6.45, 7) is 6.42. The monoisotopic (exact) mass is 392 g/mol. The Balaban J connectivity index is 1.66. The van der Waals surface area contributed by atoms with Crippen LogP contribution in [0, 0.1) is 0 Å². The minimum absolute atomic E-state index is 0.171. The van der Waals surface area contributed by atoms with Crippen LogP contribution in [-0.4, -0.2) is 29.5 Å². The number of hydrogen-bond donors (Lipinski definition) is 0. The van der Waals surface area contributed by atoms with Gasteiger partial charge in [0.2, 0.25) is 0 Å². The lowest BCUT2D eigenvalue weighted by atomic mass is 10.0. The lowest BCUT2D eigenvalue weighted by molar-refractivity contribution is 0.136. The van der Waals surface area contributed by atoms with Crippen molar-refractivity contribution < 1.29 is 9.53 Å². The molecule has 0 spiro atoms. The van der Waals surface area contributed by atoms with Crippen LogP contribution in [-0.2, 0) is 11.3 Å². The predicted molar refractivity (Wildman–Crippen MR) is 109 cm³/mol. The van der Waals surface area contributed by atoms with E-state index in [4.69, 9.17) is 16.3 Å². The second-order valence-electron chi connectivity index (χ2n) is 6.46. The molecule has 140 valence electrons. The van der Waals surface area contributed by atoms with Crippen molar-refractivity contribution in [2.24, 2.45) is 0 Å². The first-order valence-corrected chi connectivity index (χ1v) is 10.3. The molecule has 6 heteroatoms. The van der Waals surface area contributed by atoms with Crippen LogP contribution in [0.2, 0.25) is 5.02 Å². The minimum Gasteiger partial charge on any atom is -0.444 e. The van der Waals surface area contributed by atoms with Crippen LogP contribution < -0.4 is 4.90 Å². The summed E-state index contributed by atoms with van der Waals surface area (Å²) < 4.78 is 7.77. The Bertz CT molecular complexity index is 712. The number of carbonyl (C=O) groups is 1. The zero-order valence-electron chi connectivity index (χ0n) is 15.3. The Morgan fingerprint density at radius 3 is 2.85 bits per heavy atom. The first-order chi connectivity index (χ1) is 12.6. The van der Waals surface area contributed by atoms with Gasteiger partial charge in [0.25, 0.3) is 0 Å². The van der Waals surface area contributed by atoms with Gasteiger partial charge in [-0.25, -0.2) is 9.10 Å². The zero-order chi connectivity index (χ0) is 18.5. The quantitative estimate of drug-likeness (QED) is 0.469. The van der Waals surface area contributed by atoms with Gasteiger partial charge in [0.15, 0.2) is 0 Å². The molecule has 0 saturated carbocycles. The number of nitrogens with zero attached hydrogens (tertiary/aromatic N) is 2. The van der Waals surface area contributed by atoms with Gasteiger partial charge in [0.1, 0.15) is 6.61 Å². The molecule has 0 atom stereocenters. The maximum absolute atomic E-state index is 12.4. The number of carbonyl (C=O) groups excluding carboxylic acids is 1. The number of rotatable bonds is 5. The third-order valence-corrected chi connectivity index (χ3v) is 6.22. The highest BCUT2D eigenvalue weighted by Crippen LogP contribution is 2.35. The molecule has 1 amide bonds. The minimum atomic E-state index is -0.242. The van der Waals surface area contributed by atoms with E-state index in [1.165, 1.54) is 4.91 Å². The number of hydrogen-bond acceptors (Lipinski definition) is 4. The Labute approximate surface area is 165 Å². The van der Waals surface area contributed by atoms with Crippen LogP contribution >= 0.6 is 23.5 Å². The second kappa shape index (κ2) is 8.98. The van der Waals surface area contributed by atoms with Crippen LogP contribution in [0.15, 0.2) is 41.3 Å². The SMILES string of the molecule is C/C=C\C=C(/CC)SN1CCC(N2C(=O)OCc3cc(Cl)ccc32)CC1. The number of fused-ring (bicyclic) bond motifs is 1. The summed E-state index contributed by atoms with van der Waals surface area (Å²) in [4.78, 5) is 15.6. The van der Waals surface area contributed by atoms with Crippen molar-refractivity contribution in [2.75, 3.05) is 18.0 Å². The van der Waals surface area contributed by atoms with Crippen LogP contribution in [0.4, 0.5) is 10.5 Å². The number of ether oxygens (including phenoxy) is 1. The number of anilines is 1. The van der Waals surface area contributed by atoms with E-state index < -0.39 is 0 Å². The molecule has 26 heavy (non-hydrogen) atoms. The van der Waals surface area contributed by atoms with Crippen LogP contribution in [0.25, 0.3) is 0 Å². The summed E-state index contributed by atoms with van der Waals surface area (Å²) in [7, 11) is 0. The van der Waals surface area contributed by atoms with Crippen molar-refractivity contribution >= 4 is 35.3 Å². The summed E-state index contributed by atoms with van der Waals surface area (Å²) in [5.41, 5.74) is 1.93. The van der Waals surface area contributed by atoms with Gasteiger partial charge < -0.3 is 4.74 Å². The molecule has 0 aliphatic carbocycles. The third-order valence-electron chi connectivity index (χ3n) is 4.71. The molecule has 1 aromatic rings. The van der Waals surface area contributed by atoms with E-state index in [-0.39, 0.29) is 12.1 Å². The molecule has 1 fully saturated rings. The molecule has 3 rings (SSSR count). The molecular formula is C20H25ClN2O2S. The molecule has 0 aromatic heterocycles. The van der Waals surface area contributed by atoms with Gasteiger partial charge in [-0.15, -0.1) is 0 Å². The van der Waals surface area contributed by atoms with E-state index >= 15 is 0 Å². The number of amides is 1. The molecule has 2 aliphatic rings. The first kappa shape index (κ1) is 19.3. The van der Waals surface area contributed by atoms with Gasteiger partial charge in [0.05, 0.1) is 5.69 Å². The highest BCUT2D eigenvalue weighted by atomic mass is 35.5. The van der Waals surface area contributed by atoms with Crippen LogP contribution in [0.3, 0.4) is 0 Å². The van der Waals surface area contributed by atoms with E-state index in [9.17, 15) is 4.79 Å². The fraction of sp³-hybridized carbons (Fsp3) is 0.450. The predicted octanol–water partition coefficient (Wildman–Crippen LogP) is 5.78. The normalized spacial score (nSPS) is 19.7. The molecule has 2 aliphatic heterocycles. The topological polar surface area (TPSA) is 32.8 Å². The summed E-state index contributed by atoms with van der Waals surface area (Å²) in [6, 6.07) is 5.84. The smallest absolute Gasteiger partial charge is 0.414 e. The Hall–Kier alpha value is -1.43. The molecule has 2 heterocycles. The summed E-state index contributed by atoms with van der Waals surface area (Å²) >= 11 is 7.92. The van der Waals surface area contributed by atoms with Crippen molar-refractivity contribution in [3.63, 3.8) is 0 Å². The number of benzene rings is 1. The van der Waals surface area contributed by atoms with E-state index in [1.807, 2.05) is 48.0 Å². The highest BCUT2D eigenvalue weighted by Gasteiger charge is 2.34. The van der Waals surface area contributed by atoms with E-state index in [1.54, 1.807) is 0 Å². The van der Waals surface area contributed by atoms with Gasteiger partial charge in [-0.3, -0.25) is 4.90 Å². The van der Waals surface area contributed by atoms with E-state index in [0.29, 0.717) is 11.6 Å². The van der Waals surface area contributed by atoms with Gasteiger partial charge in [-0.1, -0.05) is 36.8 Å². The molecule has 4 nitrogen and oxygen atoms in total. The maximum Gasteiger partial charge on any atom is 0.414 e. The lowest BCUT2D eigenvalue weighted by Gasteiger charge is -2.40. The van der Waals surface area contributed by atoms with Crippen molar-refractivity contribution in [1.82, 2.24) is 4.31 Å². The van der Waals surface area contributed by atoms with Crippen molar-refractivity contribution in [1.29, 1.82) is 0 Å². The van der Waals surface area contributed by atoms with Gasteiger partial charge in [-0.2, -0.15) is 0 Å². The number of allylic oxidation sites excluding steroid dienone is 4. The molecule has 1 saturated heterocycles.